The Morgan fingerprint density at radius 2 is 2.00 bits per heavy atom. The molecule has 5 heteroatoms. The molecular formula is C18H16FN3O. The Kier molecular flexibility index (Phi) is 4.19. The van der Waals surface area contributed by atoms with Crippen molar-refractivity contribution in [1.82, 2.24) is 14.7 Å². The number of imidazole rings is 1. The highest BCUT2D eigenvalue weighted by Gasteiger charge is 2.03. The smallest absolute Gasteiger partial charge is 0.244 e. The van der Waals surface area contributed by atoms with Crippen LogP contribution in [0.1, 0.15) is 16.8 Å². The summed E-state index contributed by atoms with van der Waals surface area (Å²) in [5, 5.41) is 2.76. The van der Waals surface area contributed by atoms with Gasteiger partial charge in [-0.05, 0) is 30.7 Å². The van der Waals surface area contributed by atoms with E-state index in [0.717, 1.165) is 5.56 Å². The summed E-state index contributed by atoms with van der Waals surface area (Å²) < 4.78 is 14.7. The number of hydrogen-bond acceptors (Lipinski definition) is 2. The van der Waals surface area contributed by atoms with Crippen LogP contribution in [0.4, 0.5) is 4.39 Å². The summed E-state index contributed by atoms with van der Waals surface area (Å²) in [6.07, 6.45) is 6.29. The molecule has 1 N–H and O–H groups in total. The highest BCUT2D eigenvalue weighted by molar-refractivity contribution is 5.91. The fourth-order valence-electron chi connectivity index (χ4n) is 2.19. The summed E-state index contributed by atoms with van der Waals surface area (Å²) >= 11 is 0. The Labute approximate surface area is 133 Å². The van der Waals surface area contributed by atoms with Gasteiger partial charge in [0, 0.05) is 18.5 Å². The van der Waals surface area contributed by atoms with Gasteiger partial charge in [0.2, 0.25) is 5.91 Å². The fraction of sp³-hybridized carbons (Fsp3) is 0.111. The van der Waals surface area contributed by atoms with E-state index in [1.807, 2.05) is 31.2 Å². The molecule has 116 valence electrons. The number of nitrogens with one attached hydrogen (secondary N) is 1. The molecule has 0 aliphatic carbocycles. The van der Waals surface area contributed by atoms with Gasteiger partial charge in [0.15, 0.2) is 0 Å². The molecule has 0 saturated heterocycles. The van der Waals surface area contributed by atoms with Crippen LogP contribution >= 0.6 is 0 Å². The number of amides is 1. The fourth-order valence-corrected chi connectivity index (χ4v) is 2.19. The SMILES string of the molecule is Cc1ccc(/C=C/C(=O)NCc2cn3cc(F)ccc3n2)cc1. The van der Waals surface area contributed by atoms with Crippen molar-refractivity contribution in [2.45, 2.75) is 13.5 Å². The first-order chi connectivity index (χ1) is 11.1. The quantitative estimate of drug-likeness (QED) is 0.753. The van der Waals surface area contributed by atoms with Gasteiger partial charge in [-0.3, -0.25) is 4.79 Å². The number of aromatic nitrogens is 2. The first kappa shape index (κ1) is 15.0. The van der Waals surface area contributed by atoms with E-state index in [1.165, 1.54) is 23.9 Å². The number of rotatable bonds is 4. The highest BCUT2D eigenvalue weighted by atomic mass is 19.1. The van der Waals surface area contributed by atoms with Crippen molar-refractivity contribution in [3.05, 3.63) is 77.5 Å². The molecule has 0 aliphatic heterocycles. The highest BCUT2D eigenvalue weighted by Crippen LogP contribution is 2.07. The third kappa shape index (κ3) is 3.83. The molecule has 0 unspecified atom stereocenters. The molecule has 0 aliphatic rings. The summed E-state index contributed by atoms with van der Waals surface area (Å²) in [6, 6.07) is 10.8. The monoisotopic (exact) mass is 309 g/mol. The molecular weight excluding hydrogens is 293 g/mol. The van der Waals surface area contributed by atoms with E-state index in [2.05, 4.69) is 10.3 Å². The molecule has 4 nitrogen and oxygen atoms in total. The predicted molar refractivity (Wildman–Crippen MR) is 87.2 cm³/mol. The van der Waals surface area contributed by atoms with E-state index < -0.39 is 0 Å². The molecule has 0 saturated carbocycles. The summed E-state index contributed by atoms with van der Waals surface area (Å²) in [7, 11) is 0. The molecule has 0 atom stereocenters. The van der Waals surface area contributed by atoms with Crippen LogP contribution in [0.5, 0.6) is 0 Å². The Bertz CT molecular complexity index is 866. The van der Waals surface area contributed by atoms with Crippen LogP contribution in [0.3, 0.4) is 0 Å². The number of carbonyl (C=O) groups excluding carboxylic acids is 1. The van der Waals surface area contributed by atoms with Crippen LogP contribution in [-0.4, -0.2) is 15.3 Å². The van der Waals surface area contributed by atoms with E-state index >= 15 is 0 Å². The lowest BCUT2D eigenvalue weighted by atomic mass is 10.1. The van der Waals surface area contributed by atoms with Gasteiger partial charge in [0.05, 0.1) is 12.2 Å². The minimum atomic E-state index is -0.327. The normalized spacial score (nSPS) is 11.2. The van der Waals surface area contributed by atoms with Gasteiger partial charge in [-0.15, -0.1) is 0 Å². The predicted octanol–water partition coefficient (Wildman–Crippen LogP) is 3.11. The van der Waals surface area contributed by atoms with E-state index in [1.54, 1.807) is 22.7 Å². The van der Waals surface area contributed by atoms with Crippen LogP contribution in [0.2, 0.25) is 0 Å². The van der Waals surface area contributed by atoms with Gasteiger partial charge in [-0.2, -0.15) is 0 Å². The summed E-state index contributed by atoms with van der Waals surface area (Å²) in [4.78, 5) is 16.1. The van der Waals surface area contributed by atoms with Gasteiger partial charge in [0.25, 0.3) is 0 Å². The van der Waals surface area contributed by atoms with Crippen molar-refractivity contribution < 1.29 is 9.18 Å². The molecule has 0 spiro atoms. The Morgan fingerprint density at radius 3 is 2.78 bits per heavy atom. The average molecular weight is 309 g/mol. The van der Waals surface area contributed by atoms with Crippen LogP contribution in [0.15, 0.2) is 54.9 Å². The molecule has 2 aromatic heterocycles. The number of pyridine rings is 1. The van der Waals surface area contributed by atoms with Crippen molar-refractivity contribution in [3.63, 3.8) is 0 Å². The Balaban J connectivity index is 1.60. The second kappa shape index (κ2) is 6.44. The number of carbonyl (C=O) groups is 1. The number of halogens is 1. The summed E-state index contributed by atoms with van der Waals surface area (Å²) in [6.45, 7) is 2.31. The number of benzene rings is 1. The minimum Gasteiger partial charge on any atom is -0.347 e. The van der Waals surface area contributed by atoms with Crippen LogP contribution in [-0.2, 0) is 11.3 Å². The van der Waals surface area contributed by atoms with Crippen LogP contribution < -0.4 is 5.32 Å². The second-order valence-corrected chi connectivity index (χ2v) is 5.31. The molecule has 0 fully saturated rings. The summed E-state index contributed by atoms with van der Waals surface area (Å²) in [5.41, 5.74) is 3.46. The first-order valence-electron chi connectivity index (χ1n) is 7.26. The zero-order valence-corrected chi connectivity index (χ0v) is 12.7. The minimum absolute atomic E-state index is 0.200. The van der Waals surface area contributed by atoms with Gasteiger partial charge in [0.1, 0.15) is 11.5 Å². The third-order valence-corrected chi connectivity index (χ3v) is 3.41. The maximum absolute atomic E-state index is 13.1. The van der Waals surface area contributed by atoms with Crippen LogP contribution in [0.25, 0.3) is 11.7 Å². The molecule has 0 radical (unpaired) electrons. The number of fused-ring (bicyclic) bond motifs is 1. The van der Waals surface area contributed by atoms with E-state index in [-0.39, 0.29) is 11.7 Å². The topological polar surface area (TPSA) is 46.4 Å². The van der Waals surface area contributed by atoms with E-state index in [0.29, 0.717) is 17.9 Å². The second-order valence-electron chi connectivity index (χ2n) is 5.31. The lowest BCUT2D eigenvalue weighted by Crippen LogP contribution is -2.20. The lowest BCUT2D eigenvalue weighted by molar-refractivity contribution is -0.116. The van der Waals surface area contributed by atoms with Crippen molar-refractivity contribution in [1.29, 1.82) is 0 Å². The largest absolute Gasteiger partial charge is 0.347 e. The van der Waals surface area contributed by atoms with Gasteiger partial charge in [-0.1, -0.05) is 29.8 Å². The summed E-state index contributed by atoms with van der Waals surface area (Å²) in [5.74, 6) is -0.527. The van der Waals surface area contributed by atoms with Crippen molar-refractivity contribution in [2.75, 3.05) is 0 Å². The van der Waals surface area contributed by atoms with Crippen molar-refractivity contribution in [2.24, 2.45) is 0 Å². The number of aryl methyl sites for hydroxylation is 1. The molecule has 3 aromatic rings. The standard InChI is InChI=1S/C18H16FN3O/c1-13-2-4-14(5-3-13)6-9-18(23)20-10-16-12-22-11-15(19)7-8-17(22)21-16/h2-9,11-12H,10H2,1H3,(H,20,23)/b9-6+. The number of hydrogen-bond donors (Lipinski definition) is 1. The Hall–Kier alpha value is -2.95. The maximum atomic E-state index is 13.1. The maximum Gasteiger partial charge on any atom is 0.244 e. The van der Waals surface area contributed by atoms with E-state index in [9.17, 15) is 9.18 Å². The van der Waals surface area contributed by atoms with E-state index in [4.69, 9.17) is 0 Å². The van der Waals surface area contributed by atoms with Crippen molar-refractivity contribution >= 4 is 17.6 Å². The molecule has 1 amide bonds. The molecule has 1 aromatic carbocycles. The molecule has 0 bridgehead atoms. The van der Waals surface area contributed by atoms with Gasteiger partial charge < -0.3 is 9.72 Å². The zero-order valence-electron chi connectivity index (χ0n) is 12.7. The molecule has 3 rings (SSSR count). The molecule has 2 heterocycles. The van der Waals surface area contributed by atoms with Crippen molar-refractivity contribution in [3.8, 4) is 0 Å². The van der Waals surface area contributed by atoms with Gasteiger partial charge >= 0.3 is 0 Å². The average Bonchev–Trinajstić information content (AvgIpc) is 2.94. The van der Waals surface area contributed by atoms with Crippen LogP contribution in [0, 0.1) is 12.7 Å². The Morgan fingerprint density at radius 1 is 1.22 bits per heavy atom. The van der Waals surface area contributed by atoms with Gasteiger partial charge in [-0.25, -0.2) is 9.37 Å². The first-order valence-corrected chi connectivity index (χ1v) is 7.26. The third-order valence-electron chi connectivity index (χ3n) is 3.41. The zero-order chi connectivity index (χ0) is 16.2. The molecule has 23 heavy (non-hydrogen) atoms. The number of nitrogens with zero attached hydrogens (tertiary/aromatic N) is 2. The lowest BCUT2D eigenvalue weighted by Gasteiger charge is -1.98.